The Kier molecular flexibility index (Phi) is 4.62. The van der Waals surface area contributed by atoms with Crippen molar-refractivity contribution in [3.63, 3.8) is 0 Å². The lowest BCUT2D eigenvalue weighted by molar-refractivity contribution is -0.137. The maximum absolute atomic E-state index is 13.3. The molecule has 0 amide bonds. The Morgan fingerprint density at radius 2 is 1.74 bits per heavy atom. The number of nitrogens with one attached hydrogen (secondary N) is 2. The highest BCUT2D eigenvalue weighted by Gasteiger charge is 2.31. The lowest BCUT2D eigenvalue weighted by Gasteiger charge is -2.18. The van der Waals surface area contributed by atoms with Crippen molar-refractivity contribution in [2.45, 2.75) is 32.0 Å². The second-order valence-corrected chi connectivity index (χ2v) is 5.81. The van der Waals surface area contributed by atoms with Crippen LogP contribution in [0.5, 0.6) is 0 Å². The third-order valence-electron chi connectivity index (χ3n) is 4.13. The molecule has 27 heavy (non-hydrogen) atoms. The van der Waals surface area contributed by atoms with Gasteiger partial charge < -0.3 is 0 Å². The van der Waals surface area contributed by atoms with Gasteiger partial charge in [0.25, 0.3) is 12.0 Å². The van der Waals surface area contributed by atoms with Gasteiger partial charge in [-0.3, -0.25) is 14.8 Å². The molecule has 0 fully saturated rings. The zero-order valence-corrected chi connectivity index (χ0v) is 13.8. The highest BCUT2D eigenvalue weighted by molar-refractivity contribution is 5.77. The number of aromatic amines is 2. The quantitative estimate of drug-likeness (QED) is 0.673. The number of benzene rings is 1. The minimum absolute atomic E-state index is 0.217. The summed E-state index contributed by atoms with van der Waals surface area (Å²) in [4.78, 5) is 27.7. The number of halogens is 5. The number of hydrogen-bond donors (Lipinski definition) is 2. The Morgan fingerprint density at radius 1 is 1.11 bits per heavy atom. The van der Waals surface area contributed by atoms with Gasteiger partial charge >= 0.3 is 11.9 Å². The summed E-state index contributed by atoms with van der Waals surface area (Å²) in [5, 5.41) is 3.30. The minimum Gasteiger partial charge on any atom is -0.291 e. The standard InChI is InChI=1S/C16H13F5N4O2/c1-2-9(7-3-5-8(6-4-7)16(19,20)21)25-13-10(11(24-25)12(17)18)14(26)23-15(27)22-13/h3-6,9,12H,2H2,1H3,(H2,22,23,26,27)/t9-/m0/s1. The highest BCUT2D eigenvalue weighted by atomic mass is 19.4. The predicted molar refractivity (Wildman–Crippen MR) is 85.8 cm³/mol. The van der Waals surface area contributed by atoms with Crippen molar-refractivity contribution in [3.05, 3.63) is 61.9 Å². The maximum atomic E-state index is 13.3. The lowest BCUT2D eigenvalue weighted by Crippen LogP contribution is -2.23. The van der Waals surface area contributed by atoms with Crippen molar-refractivity contribution < 1.29 is 22.0 Å². The van der Waals surface area contributed by atoms with E-state index in [4.69, 9.17) is 0 Å². The number of aromatic nitrogens is 4. The van der Waals surface area contributed by atoms with E-state index in [1.54, 1.807) is 6.92 Å². The van der Waals surface area contributed by atoms with Gasteiger partial charge in [-0.1, -0.05) is 19.1 Å². The lowest BCUT2D eigenvalue weighted by atomic mass is 10.0. The Bertz CT molecular complexity index is 1080. The van der Waals surface area contributed by atoms with Gasteiger partial charge in [0, 0.05) is 0 Å². The van der Waals surface area contributed by atoms with Crippen LogP contribution in [0.15, 0.2) is 33.9 Å². The molecule has 0 aliphatic carbocycles. The van der Waals surface area contributed by atoms with Crippen LogP contribution in [0.2, 0.25) is 0 Å². The molecule has 0 aliphatic rings. The first-order valence-electron chi connectivity index (χ1n) is 7.83. The topological polar surface area (TPSA) is 83.5 Å². The Hall–Kier alpha value is -2.98. The number of nitrogens with zero attached hydrogens (tertiary/aromatic N) is 2. The molecular formula is C16H13F5N4O2. The SMILES string of the molecule is CC[C@@H](c1ccc(C(F)(F)F)cc1)n1nc(C(F)F)c2c(=O)[nH]c(=O)[nH]c21. The van der Waals surface area contributed by atoms with Gasteiger partial charge in [0.15, 0.2) is 0 Å². The van der Waals surface area contributed by atoms with E-state index in [9.17, 15) is 31.5 Å². The van der Waals surface area contributed by atoms with Gasteiger partial charge in [-0.05, 0) is 24.1 Å². The number of fused-ring (bicyclic) bond motifs is 1. The van der Waals surface area contributed by atoms with Crippen LogP contribution in [0, 0.1) is 0 Å². The van der Waals surface area contributed by atoms with Crippen LogP contribution in [0.4, 0.5) is 22.0 Å². The molecule has 144 valence electrons. The fourth-order valence-corrected chi connectivity index (χ4v) is 2.92. The second-order valence-electron chi connectivity index (χ2n) is 5.81. The summed E-state index contributed by atoms with van der Waals surface area (Å²) in [5.41, 5.74) is -3.45. The first-order chi connectivity index (χ1) is 12.6. The molecule has 0 aliphatic heterocycles. The molecular weight excluding hydrogens is 375 g/mol. The Labute approximate surface area is 147 Å². The minimum atomic E-state index is -4.51. The van der Waals surface area contributed by atoms with E-state index in [1.807, 2.05) is 4.98 Å². The Balaban J connectivity index is 2.20. The van der Waals surface area contributed by atoms with Gasteiger partial charge in [-0.25, -0.2) is 18.3 Å². The monoisotopic (exact) mass is 388 g/mol. The van der Waals surface area contributed by atoms with Gasteiger partial charge in [0.2, 0.25) is 0 Å². The van der Waals surface area contributed by atoms with E-state index in [0.717, 1.165) is 16.8 Å². The van der Waals surface area contributed by atoms with E-state index in [2.05, 4.69) is 10.1 Å². The third kappa shape index (κ3) is 3.36. The van der Waals surface area contributed by atoms with Crippen molar-refractivity contribution in [2.75, 3.05) is 0 Å². The fourth-order valence-electron chi connectivity index (χ4n) is 2.92. The van der Waals surface area contributed by atoms with Crippen LogP contribution >= 0.6 is 0 Å². The van der Waals surface area contributed by atoms with Crippen molar-refractivity contribution in [3.8, 4) is 0 Å². The molecule has 6 nitrogen and oxygen atoms in total. The van der Waals surface area contributed by atoms with Crippen molar-refractivity contribution in [2.24, 2.45) is 0 Å². The molecule has 0 saturated carbocycles. The van der Waals surface area contributed by atoms with E-state index in [-0.39, 0.29) is 12.1 Å². The zero-order valence-electron chi connectivity index (χ0n) is 13.8. The summed E-state index contributed by atoms with van der Waals surface area (Å²) in [5.74, 6) is 0. The fraction of sp³-hybridized carbons (Fsp3) is 0.312. The van der Waals surface area contributed by atoms with Crippen molar-refractivity contribution in [1.82, 2.24) is 19.7 Å². The van der Waals surface area contributed by atoms with E-state index in [0.29, 0.717) is 5.56 Å². The van der Waals surface area contributed by atoms with Crippen LogP contribution in [0.3, 0.4) is 0 Å². The predicted octanol–water partition coefficient (Wildman–Crippen LogP) is 3.37. The first-order valence-corrected chi connectivity index (χ1v) is 7.83. The van der Waals surface area contributed by atoms with Crippen LogP contribution in [-0.4, -0.2) is 19.7 Å². The molecule has 0 bridgehead atoms. The maximum Gasteiger partial charge on any atom is 0.416 e. The van der Waals surface area contributed by atoms with Crippen molar-refractivity contribution >= 4 is 11.0 Å². The van der Waals surface area contributed by atoms with Crippen LogP contribution < -0.4 is 11.2 Å². The molecule has 0 radical (unpaired) electrons. The number of alkyl halides is 5. The molecule has 11 heteroatoms. The van der Waals surface area contributed by atoms with Gasteiger partial charge in [0.1, 0.15) is 16.7 Å². The summed E-state index contributed by atoms with van der Waals surface area (Å²) in [6.45, 7) is 1.67. The molecule has 2 aromatic heterocycles. The third-order valence-corrected chi connectivity index (χ3v) is 4.13. The van der Waals surface area contributed by atoms with Gasteiger partial charge in [-0.2, -0.15) is 18.3 Å². The molecule has 1 aromatic carbocycles. The molecule has 3 rings (SSSR count). The molecule has 0 unspecified atom stereocenters. The summed E-state index contributed by atoms with van der Waals surface area (Å²) in [7, 11) is 0. The zero-order chi connectivity index (χ0) is 19.9. The number of H-pyrrole nitrogens is 2. The van der Waals surface area contributed by atoms with Crippen LogP contribution in [0.25, 0.3) is 11.0 Å². The first kappa shape index (κ1) is 18.8. The number of hydrogen-bond acceptors (Lipinski definition) is 3. The average molecular weight is 388 g/mol. The van der Waals surface area contributed by atoms with E-state index < -0.39 is 46.5 Å². The molecule has 3 aromatic rings. The summed E-state index contributed by atoms with van der Waals surface area (Å²) in [6, 6.07) is 3.38. The smallest absolute Gasteiger partial charge is 0.291 e. The molecule has 1 atom stereocenters. The molecule has 0 spiro atoms. The summed E-state index contributed by atoms with van der Waals surface area (Å²) in [6.07, 6.45) is -7.33. The highest BCUT2D eigenvalue weighted by Crippen LogP contribution is 2.32. The second kappa shape index (κ2) is 6.63. The van der Waals surface area contributed by atoms with E-state index >= 15 is 0 Å². The number of rotatable bonds is 4. The van der Waals surface area contributed by atoms with Crippen LogP contribution in [0.1, 0.15) is 42.6 Å². The summed E-state index contributed by atoms with van der Waals surface area (Å²) >= 11 is 0. The van der Waals surface area contributed by atoms with E-state index in [1.165, 1.54) is 12.1 Å². The van der Waals surface area contributed by atoms with Crippen molar-refractivity contribution in [1.29, 1.82) is 0 Å². The van der Waals surface area contributed by atoms with Crippen LogP contribution in [-0.2, 0) is 6.18 Å². The average Bonchev–Trinajstić information content (AvgIpc) is 2.95. The van der Waals surface area contributed by atoms with Gasteiger partial charge in [-0.15, -0.1) is 0 Å². The normalized spacial score (nSPS) is 13.4. The summed E-state index contributed by atoms with van der Waals surface area (Å²) < 4.78 is 65.8. The molecule has 2 N–H and O–H groups in total. The molecule has 2 heterocycles. The Morgan fingerprint density at radius 3 is 2.26 bits per heavy atom. The van der Waals surface area contributed by atoms with Gasteiger partial charge in [0.05, 0.1) is 11.6 Å². The molecule has 0 saturated heterocycles. The largest absolute Gasteiger partial charge is 0.416 e.